The number of aliphatic hydroxyl groups is 3. The van der Waals surface area contributed by atoms with E-state index in [0.717, 1.165) is 11.0 Å². The Labute approximate surface area is 103 Å². The SMILES string of the molecule is O[C@@H]1[C@@H](O)[C@H](c2nc3ccccc3[nH]2)OC[C@H]1O. The first-order valence-electron chi connectivity index (χ1n) is 5.77. The quantitative estimate of drug-likeness (QED) is 0.558. The van der Waals surface area contributed by atoms with Crippen molar-refractivity contribution in [2.45, 2.75) is 24.4 Å². The number of ether oxygens (including phenoxy) is 1. The van der Waals surface area contributed by atoms with Gasteiger partial charge in [0.25, 0.3) is 0 Å². The van der Waals surface area contributed by atoms with Crippen molar-refractivity contribution in [1.29, 1.82) is 0 Å². The van der Waals surface area contributed by atoms with Crippen LogP contribution in [0.4, 0.5) is 0 Å². The minimum absolute atomic E-state index is 0.0278. The molecule has 1 aromatic heterocycles. The van der Waals surface area contributed by atoms with E-state index >= 15 is 0 Å². The minimum atomic E-state index is -1.23. The third-order valence-electron chi connectivity index (χ3n) is 3.18. The van der Waals surface area contributed by atoms with Gasteiger partial charge < -0.3 is 25.0 Å². The number of para-hydroxylation sites is 2. The third kappa shape index (κ3) is 1.79. The van der Waals surface area contributed by atoms with Gasteiger partial charge in [0.2, 0.25) is 0 Å². The molecular formula is C12H14N2O4. The first-order valence-corrected chi connectivity index (χ1v) is 5.77. The molecule has 2 aromatic rings. The topological polar surface area (TPSA) is 98.6 Å². The summed E-state index contributed by atoms with van der Waals surface area (Å²) in [4.78, 5) is 7.36. The summed E-state index contributed by atoms with van der Waals surface area (Å²) in [7, 11) is 0. The number of H-pyrrole nitrogens is 1. The Morgan fingerprint density at radius 2 is 1.94 bits per heavy atom. The van der Waals surface area contributed by atoms with Gasteiger partial charge in [-0.3, -0.25) is 0 Å². The number of aromatic amines is 1. The van der Waals surface area contributed by atoms with E-state index in [1.165, 1.54) is 0 Å². The van der Waals surface area contributed by atoms with Gasteiger partial charge in [0, 0.05) is 0 Å². The summed E-state index contributed by atoms with van der Waals surface area (Å²) in [6, 6.07) is 7.45. The van der Waals surface area contributed by atoms with Crippen LogP contribution in [0.3, 0.4) is 0 Å². The van der Waals surface area contributed by atoms with Crippen LogP contribution in [0.2, 0.25) is 0 Å². The zero-order valence-corrected chi connectivity index (χ0v) is 9.52. The molecule has 0 bridgehead atoms. The summed E-state index contributed by atoms with van der Waals surface area (Å²) in [5, 5.41) is 28.9. The van der Waals surface area contributed by atoms with E-state index in [1.807, 2.05) is 24.3 Å². The number of fused-ring (bicyclic) bond motifs is 1. The maximum Gasteiger partial charge on any atom is 0.144 e. The molecule has 0 aliphatic carbocycles. The summed E-state index contributed by atoms with van der Waals surface area (Å²) < 4.78 is 5.33. The van der Waals surface area contributed by atoms with Crippen molar-refractivity contribution in [3.63, 3.8) is 0 Å². The number of hydrogen-bond acceptors (Lipinski definition) is 5. The molecule has 0 spiro atoms. The highest BCUT2D eigenvalue weighted by atomic mass is 16.5. The molecule has 1 fully saturated rings. The van der Waals surface area contributed by atoms with E-state index in [0.29, 0.717) is 5.82 Å². The average Bonchev–Trinajstić information content (AvgIpc) is 2.79. The van der Waals surface area contributed by atoms with Crippen LogP contribution in [-0.2, 0) is 4.74 Å². The van der Waals surface area contributed by atoms with Crippen molar-refractivity contribution >= 4 is 11.0 Å². The number of rotatable bonds is 1. The lowest BCUT2D eigenvalue weighted by Gasteiger charge is -2.34. The molecule has 6 nitrogen and oxygen atoms in total. The van der Waals surface area contributed by atoms with Crippen LogP contribution >= 0.6 is 0 Å². The number of hydrogen-bond donors (Lipinski definition) is 4. The Morgan fingerprint density at radius 1 is 1.17 bits per heavy atom. The van der Waals surface area contributed by atoms with Crippen LogP contribution in [0, 0.1) is 0 Å². The van der Waals surface area contributed by atoms with Gasteiger partial charge in [-0.2, -0.15) is 0 Å². The molecule has 4 atom stereocenters. The monoisotopic (exact) mass is 250 g/mol. The van der Waals surface area contributed by atoms with Gasteiger partial charge in [-0.05, 0) is 12.1 Å². The van der Waals surface area contributed by atoms with Crippen LogP contribution in [0.15, 0.2) is 24.3 Å². The molecule has 2 heterocycles. The number of imidazole rings is 1. The van der Waals surface area contributed by atoms with E-state index in [9.17, 15) is 15.3 Å². The van der Waals surface area contributed by atoms with Crippen LogP contribution in [0.25, 0.3) is 11.0 Å². The van der Waals surface area contributed by atoms with Crippen molar-refractivity contribution in [2.75, 3.05) is 6.61 Å². The Hall–Kier alpha value is -1.47. The highest BCUT2D eigenvalue weighted by Crippen LogP contribution is 2.28. The van der Waals surface area contributed by atoms with Gasteiger partial charge in [0.05, 0.1) is 17.6 Å². The summed E-state index contributed by atoms with van der Waals surface area (Å²) in [5.74, 6) is 0.453. The van der Waals surface area contributed by atoms with Gasteiger partial charge in [-0.25, -0.2) is 4.98 Å². The Bertz CT molecular complexity index is 523. The second kappa shape index (κ2) is 4.33. The summed E-state index contributed by atoms with van der Waals surface area (Å²) >= 11 is 0. The highest BCUT2D eigenvalue weighted by molar-refractivity contribution is 5.74. The predicted molar refractivity (Wildman–Crippen MR) is 62.8 cm³/mol. The molecule has 0 saturated carbocycles. The average molecular weight is 250 g/mol. The number of aliphatic hydroxyl groups excluding tert-OH is 3. The fourth-order valence-electron chi connectivity index (χ4n) is 2.15. The summed E-state index contributed by atoms with van der Waals surface area (Å²) in [6.07, 6.45) is -4.25. The van der Waals surface area contributed by atoms with Crippen LogP contribution < -0.4 is 0 Å². The van der Waals surface area contributed by atoms with Crippen LogP contribution in [-0.4, -0.2) is 50.2 Å². The fourth-order valence-corrected chi connectivity index (χ4v) is 2.15. The van der Waals surface area contributed by atoms with E-state index in [4.69, 9.17) is 4.74 Å². The molecule has 1 aromatic carbocycles. The molecular weight excluding hydrogens is 236 g/mol. The standard InChI is InChI=1S/C12H14N2O4/c15-8-5-18-11(10(17)9(8)16)12-13-6-3-1-2-4-7(6)14-12/h1-4,8-11,15-17H,5H2,(H,13,14)/t8-,9+,10-,11-/m1/s1. The first-order chi connectivity index (χ1) is 8.66. The summed E-state index contributed by atoms with van der Waals surface area (Å²) in [6.45, 7) is -0.0278. The van der Waals surface area contributed by atoms with E-state index < -0.39 is 24.4 Å². The van der Waals surface area contributed by atoms with Crippen molar-refractivity contribution in [2.24, 2.45) is 0 Å². The second-order valence-corrected chi connectivity index (χ2v) is 4.44. The smallest absolute Gasteiger partial charge is 0.144 e. The molecule has 1 aliphatic heterocycles. The first kappa shape index (κ1) is 11.6. The van der Waals surface area contributed by atoms with Gasteiger partial charge in [0.15, 0.2) is 0 Å². The Kier molecular flexibility index (Phi) is 2.79. The number of nitrogens with zero attached hydrogens (tertiary/aromatic N) is 1. The van der Waals surface area contributed by atoms with Gasteiger partial charge in [0.1, 0.15) is 30.2 Å². The molecule has 96 valence electrons. The zero-order chi connectivity index (χ0) is 12.7. The number of nitrogens with one attached hydrogen (secondary N) is 1. The van der Waals surface area contributed by atoms with Crippen LogP contribution in [0.5, 0.6) is 0 Å². The lowest BCUT2D eigenvalue weighted by atomic mass is 10.00. The fraction of sp³-hybridized carbons (Fsp3) is 0.417. The van der Waals surface area contributed by atoms with Crippen molar-refractivity contribution in [3.05, 3.63) is 30.1 Å². The largest absolute Gasteiger partial charge is 0.388 e. The predicted octanol–water partition coefficient (Wildman–Crippen LogP) is -0.283. The van der Waals surface area contributed by atoms with Crippen molar-refractivity contribution in [3.8, 4) is 0 Å². The second-order valence-electron chi connectivity index (χ2n) is 4.44. The number of benzene rings is 1. The molecule has 1 aliphatic rings. The Morgan fingerprint density at radius 3 is 2.72 bits per heavy atom. The third-order valence-corrected chi connectivity index (χ3v) is 3.18. The molecule has 18 heavy (non-hydrogen) atoms. The normalized spacial score (nSPS) is 32.8. The van der Waals surface area contributed by atoms with Gasteiger partial charge >= 0.3 is 0 Å². The van der Waals surface area contributed by atoms with E-state index in [2.05, 4.69) is 9.97 Å². The van der Waals surface area contributed by atoms with E-state index in [1.54, 1.807) is 0 Å². The van der Waals surface area contributed by atoms with Crippen molar-refractivity contribution in [1.82, 2.24) is 9.97 Å². The molecule has 4 N–H and O–H groups in total. The van der Waals surface area contributed by atoms with E-state index in [-0.39, 0.29) is 6.61 Å². The Balaban J connectivity index is 1.94. The molecule has 6 heteroatoms. The lowest BCUT2D eigenvalue weighted by Crippen LogP contribution is -2.49. The van der Waals surface area contributed by atoms with Crippen LogP contribution in [0.1, 0.15) is 11.9 Å². The summed E-state index contributed by atoms with van der Waals surface area (Å²) in [5.41, 5.74) is 1.60. The molecule has 1 saturated heterocycles. The minimum Gasteiger partial charge on any atom is -0.388 e. The highest BCUT2D eigenvalue weighted by Gasteiger charge is 2.39. The molecule has 0 amide bonds. The zero-order valence-electron chi connectivity index (χ0n) is 9.52. The maximum atomic E-state index is 9.89. The maximum absolute atomic E-state index is 9.89. The molecule has 3 rings (SSSR count). The van der Waals surface area contributed by atoms with Gasteiger partial charge in [-0.15, -0.1) is 0 Å². The number of aromatic nitrogens is 2. The van der Waals surface area contributed by atoms with Gasteiger partial charge in [-0.1, -0.05) is 12.1 Å². The molecule has 0 radical (unpaired) electrons. The van der Waals surface area contributed by atoms with Crippen molar-refractivity contribution < 1.29 is 20.1 Å². The lowest BCUT2D eigenvalue weighted by molar-refractivity contribution is -0.191. The molecule has 0 unspecified atom stereocenters.